The van der Waals surface area contributed by atoms with Gasteiger partial charge in [-0.1, -0.05) is 18.2 Å². The van der Waals surface area contributed by atoms with E-state index < -0.39 is 0 Å². The van der Waals surface area contributed by atoms with Crippen LogP contribution in [0, 0.1) is 0 Å². The van der Waals surface area contributed by atoms with Crippen LogP contribution in [0.2, 0.25) is 0 Å². The van der Waals surface area contributed by atoms with Crippen LogP contribution >= 0.6 is 0 Å². The minimum absolute atomic E-state index is 0.214. The van der Waals surface area contributed by atoms with E-state index in [0.717, 1.165) is 11.1 Å². The van der Waals surface area contributed by atoms with Gasteiger partial charge < -0.3 is 9.15 Å². The van der Waals surface area contributed by atoms with Crippen molar-refractivity contribution in [2.45, 2.75) is 6.42 Å². The van der Waals surface area contributed by atoms with E-state index in [1.807, 2.05) is 24.3 Å². The third kappa shape index (κ3) is 2.66. The number of furan rings is 1. The first-order valence-electron chi connectivity index (χ1n) is 5.44. The maximum Gasteiger partial charge on any atom is 0.309 e. The fourth-order valence-corrected chi connectivity index (χ4v) is 1.64. The standard InChI is InChI=1S/C14H12O4/c1-17-14(16)8-10-3-2-4-11(7-10)13-6-5-12(9-15)18-13/h2-7,9H,8H2,1H3. The Kier molecular flexibility index (Phi) is 3.57. The van der Waals surface area contributed by atoms with E-state index in [-0.39, 0.29) is 18.2 Å². The molecule has 0 aliphatic heterocycles. The molecule has 0 atom stereocenters. The fourth-order valence-electron chi connectivity index (χ4n) is 1.64. The predicted molar refractivity (Wildman–Crippen MR) is 65.3 cm³/mol. The largest absolute Gasteiger partial charge is 0.469 e. The summed E-state index contributed by atoms with van der Waals surface area (Å²) >= 11 is 0. The van der Waals surface area contributed by atoms with Crippen LogP contribution in [0.5, 0.6) is 0 Å². The summed E-state index contributed by atoms with van der Waals surface area (Å²) < 4.78 is 9.93. The Morgan fingerprint density at radius 2 is 2.17 bits per heavy atom. The molecule has 1 aromatic carbocycles. The molecule has 92 valence electrons. The van der Waals surface area contributed by atoms with Gasteiger partial charge in [0.1, 0.15) is 5.76 Å². The molecule has 18 heavy (non-hydrogen) atoms. The van der Waals surface area contributed by atoms with Crippen molar-refractivity contribution in [1.82, 2.24) is 0 Å². The first-order valence-corrected chi connectivity index (χ1v) is 5.44. The van der Waals surface area contributed by atoms with Crippen molar-refractivity contribution in [3.8, 4) is 11.3 Å². The molecule has 0 unspecified atom stereocenters. The quantitative estimate of drug-likeness (QED) is 0.612. The number of aldehydes is 1. The number of esters is 1. The first kappa shape index (κ1) is 12.1. The molecule has 0 aliphatic rings. The Bertz CT molecular complexity index is 569. The highest BCUT2D eigenvalue weighted by Crippen LogP contribution is 2.22. The molecule has 1 aromatic heterocycles. The normalized spacial score (nSPS) is 10.1. The minimum Gasteiger partial charge on any atom is -0.469 e. The number of methoxy groups -OCH3 is 1. The second-order valence-corrected chi connectivity index (χ2v) is 3.77. The SMILES string of the molecule is COC(=O)Cc1cccc(-c2ccc(C=O)o2)c1. The van der Waals surface area contributed by atoms with Gasteiger partial charge in [0.25, 0.3) is 0 Å². The van der Waals surface area contributed by atoms with Crippen molar-refractivity contribution in [3.63, 3.8) is 0 Å². The van der Waals surface area contributed by atoms with Crippen molar-refractivity contribution >= 4 is 12.3 Å². The molecule has 0 amide bonds. The number of rotatable bonds is 4. The molecule has 0 saturated heterocycles. The van der Waals surface area contributed by atoms with Crippen LogP contribution in [0.4, 0.5) is 0 Å². The molecule has 2 rings (SSSR count). The Hall–Kier alpha value is -2.36. The minimum atomic E-state index is -0.292. The molecule has 0 aliphatic carbocycles. The number of hydrogen-bond donors (Lipinski definition) is 0. The zero-order valence-electron chi connectivity index (χ0n) is 9.88. The lowest BCUT2D eigenvalue weighted by Gasteiger charge is -2.02. The van der Waals surface area contributed by atoms with Crippen molar-refractivity contribution in [2.24, 2.45) is 0 Å². The van der Waals surface area contributed by atoms with Crippen LogP contribution in [0.15, 0.2) is 40.8 Å². The van der Waals surface area contributed by atoms with Crippen LogP contribution in [-0.2, 0) is 16.0 Å². The van der Waals surface area contributed by atoms with E-state index in [9.17, 15) is 9.59 Å². The molecule has 4 heteroatoms. The maximum atomic E-state index is 11.2. The summed E-state index contributed by atoms with van der Waals surface area (Å²) in [5, 5.41) is 0. The molecular weight excluding hydrogens is 232 g/mol. The van der Waals surface area contributed by atoms with Gasteiger partial charge in [-0.3, -0.25) is 9.59 Å². The summed E-state index contributed by atoms with van der Waals surface area (Å²) in [7, 11) is 1.36. The van der Waals surface area contributed by atoms with Gasteiger partial charge in [0.2, 0.25) is 0 Å². The van der Waals surface area contributed by atoms with Gasteiger partial charge in [-0.2, -0.15) is 0 Å². The zero-order chi connectivity index (χ0) is 13.0. The van der Waals surface area contributed by atoms with Crippen molar-refractivity contribution < 1.29 is 18.7 Å². The van der Waals surface area contributed by atoms with Crippen LogP contribution in [0.1, 0.15) is 16.1 Å². The third-order valence-electron chi connectivity index (χ3n) is 2.53. The fraction of sp³-hybridized carbons (Fsp3) is 0.143. The monoisotopic (exact) mass is 244 g/mol. The van der Waals surface area contributed by atoms with E-state index in [1.54, 1.807) is 12.1 Å². The van der Waals surface area contributed by atoms with Gasteiger partial charge in [0.15, 0.2) is 12.0 Å². The Labute approximate surface area is 104 Å². The lowest BCUT2D eigenvalue weighted by atomic mass is 10.1. The highest BCUT2D eigenvalue weighted by Gasteiger charge is 2.07. The van der Waals surface area contributed by atoms with Gasteiger partial charge >= 0.3 is 5.97 Å². The number of hydrogen-bond acceptors (Lipinski definition) is 4. The first-order chi connectivity index (χ1) is 8.72. The number of ether oxygens (including phenoxy) is 1. The second kappa shape index (κ2) is 5.31. The van der Waals surface area contributed by atoms with Gasteiger partial charge in [-0.15, -0.1) is 0 Å². The van der Waals surface area contributed by atoms with Crippen molar-refractivity contribution in [2.75, 3.05) is 7.11 Å². The molecule has 2 aromatic rings. The van der Waals surface area contributed by atoms with Gasteiger partial charge in [0, 0.05) is 5.56 Å². The van der Waals surface area contributed by atoms with E-state index in [2.05, 4.69) is 4.74 Å². The molecule has 0 spiro atoms. The Balaban J connectivity index is 2.26. The average molecular weight is 244 g/mol. The summed E-state index contributed by atoms with van der Waals surface area (Å²) in [6.45, 7) is 0. The Morgan fingerprint density at radius 1 is 1.33 bits per heavy atom. The summed E-state index contributed by atoms with van der Waals surface area (Å²) in [6, 6.07) is 10.7. The number of carbonyl (C=O) groups excluding carboxylic acids is 2. The molecule has 0 N–H and O–H groups in total. The molecule has 4 nitrogen and oxygen atoms in total. The highest BCUT2D eigenvalue weighted by molar-refractivity contribution is 5.74. The molecule has 1 heterocycles. The van der Waals surface area contributed by atoms with Crippen molar-refractivity contribution in [1.29, 1.82) is 0 Å². The van der Waals surface area contributed by atoms with E-state index in [0.29, 0.717) is 12.0 Å². The molecular formula is C14H12O4. The zero-order valence-corrected chi connectivity index (χ0v) is 9.88. The third-order valence-corrected chi connectivity index (χ3v) is 2.53. The Morgan fingerprint density at radius 3 is 2.83 bits per heavy atom. The van der Waals surface area contributed by atoms with E-state index >= 15 is 0 Å². The number of benzene rings is 1. The topological polar surface area (TPSA) is 56.5 Å². The smallest absolute Gasteiger partial charge is 0.309 e. The average Bonchev–Trinajstić information content (AvgIpc) is 2.87. The van der Waals surface area contributed by atoms with Gasteiger partial charge in [0.05, 0.1) is 13.5 Å². The second-order valence-electron chi connectivity index (χ2n) is 3.77. The van der Waals surface area contributed by atoms with Crippen molar-refractivity contribution in [3.05, 3.63) is 47.7 Å². The summed E-state index contributed by atoms with van der Waals surface area (Å²) in [6.07, 6.45) is 0.868. The van der Waals surface area contributed by atoms with E-state index in [1.165, 1.54) is 7.11 Å². The lowest BCUT2D eigenvalue weighted by Crippen LogP contribution is -2.04. The van der Waals surface area contributed by atoms with Gasteiger partial charge in [-0.25, -0.2) is 0 Å². The molecule has 0 radical (unpaired) electrons. The lowest BCUT2D eigenvalue weighted by molar-refractivity contribution is -0.139. The highest BCUT2D eigenvalue weighted by atomic mass is 16.5. The van der Waals surface area contributed by atoms with Crippen LogP contribution < -0.4 is 0 Å². The summed E-state index contributed by atoms with van der Waals surface area (Å²) in [5.41, 5.74) is 1.66. The molecule has 0 saturated carbocycles. The maximum absolute atomic E-state index is 11.2. The molecule has 0 bridgehead atoms. The van der Waals surface area contributed by atoms with Crippen LogP contribution in [0.3, 0.4) is 0 Å². The molecule has 0 fully saturated rings. The predicted octanol–water partition coefficient (Wildman–Crippen LogP) is 2.47. The summed E-state index contributed by atoms with van der Waals surface area (Å²) in [4.78, 5) is 21.7. The number of carbonyl (C=O) groups is 2. The van der Waals surface area contributed by atoms with Crippen LogP contribution in [0.25, 0.3) is 11.3 Å². The van der Waals surface area contributed by atoms with E-state index in [4.69, 9.17) is 4.42 Å². The van der Waals surface area contributed by atoms with Crippen LogP contribution in [-0.4, -0.2) is 19.4 Å². The van der Waals surface area contributed by atoms with Gasteiger partial charge in [-0.05, 0) is 23.8 Å². The summed E-state index contributed by atoms with van der Waals surface area (Å²) in [5.74, 6) is 0.590.